The fourth-order valence-corrected chi connectivity index (χ4v) is 4.69. The number of hydrogen-bond acceptors (Lipinski definition) is 6. The summed E-state index contributed by atoms with van der Waals surface area (Å²) in [7, 11) is 1.51. The van der Waals surface area contributed by atoms with Gasteiger partial charge in [0.05, 0.1) is 12.0 Å². The third kappa shape index (κ3) is 4.89. The molecule has 1 saturated heterocycles. The summed E-state index contributed by atoms with van der Waals surface area (Å²) in [4.78, 5) is 36.2. The van der Waals surface area contributed by atoms with E-state index in [1.807, 2.05) is 42.5 Å². The molecule has 7 nitrogen and oxygen atoms in total. The number of hydrogen-bond donors (Lipinski definition) is 1. The van der Waals surface area contributed by atoms with Crippen LogP contribution in [0.2, 0.25) is 0 Å². The Balaban J connectivity index is 1.58. The molecule has 0 aliphatic carbocycles. The molecular formula is C24H18BrNO6S. The van der Waals surface area contributed by atoms with Crippen LogP contribution in [0.3, 0.4) is 0 Å². The molecule has 0 saturated carbocycles. The molecule has 0 unspecified atom stereocenters. The van der Waals surface area contributed by atoms with Crippen molar-refractivity contribution in [2.45, 2.75) is 6.61 Å². The number of fused-ring (bicyclic) bond motifs is 1. The van der Waals surface area contributed by atoms with Crippen molar-refractivity contribution in [3.8, 4) is 11.5 Å². The Morgan fingerprint density at radius 1 is 1.12 bits per heavy atom. The summed E-state index contributed by atoms with van der Waals surface area (Å²) in [5, 5.41) is 10.5. The van der Waals surface area contributed by atoms with E-state index in [0.717, 1.165) is 16.3 Å². The number of ether oxygens (including phenoxy) is 2. The van der Waals surface area contributed by atoms with Crippen molar-refractivity contribution in [2.75, 3.05) is 13.7 Å². The molecule has 0 atom stereocenters. The third-order valence-electron chi connectivity index (χ3n) is 5.00. The van der Waals surface area contributed by atoms with E-state index >= 15 is 0 Å². The Hall–Kier alpha value is -3.30. The second kappa shape index (κ2) is 9.68. The molecule has 1 heterocycles. The van der Waals surface area contributed by atoms with Gasteiger partial charge in [-0.1, -0.05) is 58.4 Å². The largest absolute Gasteiger partial charge is 0.493 e. The molecule has 1 aliphatic heterocycles. The number of carboxylic acid groups (broad SMARTS) is 1. The molecule has 1 aliphatic rings. The number of carboxylic acids is 1. The lowest BCUT2D eigenvalue weighted by Crippen LogP contribution is -2.33. The quantitative estimate of drug-likeness (QED) is 0.416. The Labute approximate surface area is 202 Å². The zero-order valence-electron chi connectivity index (χ0n) is 17.4. The summed E-state index contributed by atoms with van der Waals surface area (Å²) in [6, 6.07) is 17.5. The van der Waals surface area contributed by atoms with E-state index in [-0.39, 0.29) is 4.91 Å². The Kier molecular flexibility index (Phi) is 6.71. The van der Waals surface area contributed by atoms with Crippen molar-refractivity contribution < 1.29 is 29.0 Å². The average molecular weight is 528 g/mol. The SMILES string of the molecule is COc1cc(/C=C2/SC(=O)N(CC(=O)O)C2=O)c(Br)cc1OCc1cccc2ccccc12. The number of aliphatic carboxylic acids is 1. The molecule has 3 aromatic rings. The minimum atomic E-state index is -1.26. The molecule has 9 heteroatoms. The molecule has 1 fully saturated rings. The molecule has 4 rings (SSSR count). The molecule has 0 spiro atoms. The van der Waals surface area contributed by atoms with Gasteiger partial charge in [0.15, 0.2) is 11.5 Å². The van der Waals surface area contributed by atoms with Crippen LogP contribution in [-0.2, 0) is 16.2 Å². The second-order valence-corrected chi connectivity index (χ2v) is 8.96. The number of halogens is 1. The molecule has 2 amide bonds. The number of thioether (sulfide) groups is 1. The van der Waals surface area contributed by atoms with Gasteiger partial charge in [-0.2, -0.15) is 0 Å². The van der Waals surface area contributed by atoms with Crippen molar-refractivity contribution >= 4 is 61.7 Å². The van der Waals surface area contributed by atoms with Gasteiger partial charge < -0.3 is 14.6 Å². The smallest absolute Gasteiger partial charge is 0.323 e. The first-order valence-electron chi connectivity index (χ1n) is 9.81. The van der Waals surface area contributed by atoms with Gasteiger partial charge in [-0.15, -0.1) is 0 Å². The maximum Gasteiger partial charge on any atom is 0.323 e. The van der Waals surface area contributed by atoms with Crippen LogP contribution in [0.1, 0.15) is 11.1 Å². The number of nitrogens with zero attached hydrogens (tertiary/aromatic N) is 1. The highest BCUT2D eigenvalue weighted by molar-refractivity contribution is 9.10. The zero-order valence-corrected chi connectivity index (χ0v) is 19.8. The van der Waals surface area contributed by atoms with Gasteiger partial charge in [0.25, 0.3) is 11.1 Å². The van der Waals surface area contributed by atoms with Crippen molar-refractivity contribution in [2.24, 2.45) is 0 Å². The van der Waals surface area contributed by atoms with Crippen LogP contribution in [0, 0.1) is 0 Å². The number of imide groups is 1. The molecule has 168 valence electrons. The first-order chi connectivity index (χ1) is 15.9. The van der Waals surface area contributed by atoms with Gasteiger partial charge in [0, 0.05) is 4.47 Å². The van der Waals surface area contributed by atoms with Crippen LogP contribution in [0.25, 0.3) is 16.8 Å². The highest BCUT2D eigenvalue weighted by Crippen LogP contribution is 2.38. The van der Waals surface area contributed by atoms with E-state index in [2.05, 4.69) is 15.9 Å². The number of carbonyl (C=O) groups excluding carboxylic acids is 2. The van der Waals surface area contributed by atoms with Crippen molar-refractivity contribution in [3.63, 3.8) is 0 Å². The molecule has 0 aromatic heterocycles. The number of amides is 2. The van der Waals surface area contributed by atoms with E-state index in [0.29, 0.717) is 44.8 Å². The number of methoxy groups -OCH3 is 1. The van der Waals surface area contributed by atoms with E-state index in [9.17, 15) is 14.4 Å². The first kappa shape index (κ1) is 22.9. The first-order valence-corrected chi connectivity index (χ1v) is 11.4. The third-order valence-corrected chi connectivity index (χ3v) is 6.59. The number of carbonyl (C=O) groups is 3. The highest BCUT2D eigenvalue weighted by Gasteiger charge is 2.36. The van der Waals surface area contributed by atoms with Crippen molar-refractivity contribution in [3.05, 3.63) is 75.1 Å². The lowest BCUT2D eigenvalue weighted by atomic mass is 10.1. The van der Waals surface area contributed by atoms with Gasteiger partial charge in [-0.25, -0.2) is 0 Å². The Morgan fingerprint density at radius 3 is 2.64 bits per heavy atom. The summed E-state index contributed by atoms with van der Waals surface area (Å²) in [5.41, 5.74) is 1.62. The Bertz CT molecular complexity index is 1300. The van der Waals surface area contributed by atoms with Crippen LogP contribution in [0.15, 0.2) is 64.0 Å². The zero-order chi connectivity index (χ0) is 23.5. The molecule has 0 radical (unpaired) electrons. The van der Waals surface area contributed by atoms with Crippen LogP contribution < -0.4 is 9.47 Å². The molecule has 0 bridgehead atoms. The van der Waals surface area contributed by atoms with E-state index in [1.165, 1.54) is 13.2 Å². The fourth-order valence-electron chi connectivity index (χ4n) is 3.42. The lowest BCUT2D eigenvalue weighted by Gasteiger charge is -2.14. The summed E-state index contributed by atoms with van der Waals surface area (Å²) in [6.45, 7) is -0.342. The second-order valence-electron chi connectivity index (χ2n) is 7.11. The molecule has 33 heavy (non-hydrogen) atoms. The van der Waals surface area contributed by atoms with Crippen molar-refractivity contribution in [1.82, 2.24) is 4.90 Å². The summed E-state index contributed by atoms with van der Waals surface area (Å²) >= 11 is 4.18. The van der Waals surface area contributed by atoms with Crippen LogP contribution >= 0.6 is 27.7 Å². The number of benzene rings is 3. The van der Waals surface area contributed by atoms with E-state index in [4.69, 9.17) is 14.6 Å². The predicted molar refractivity (Wildman–Crippen MR) is 129 cm³/mol. The minimum absolute atomic E-state index is 0.133. The average Bonchev–Trinajstić information content (AvgIpc) is 3.06. The Morgan fingerprint density at radius 2 is 1.88 bits per heavy atom. The monoisotopic (exact) mass is 527 g/mol. The maximum atomic E-state index is 12.4. The molecular weight excluding hydrogens is 510 g/mol. The summed E-state index contributed by atoms with van der Waals surface area (Å²) in [6.07, 6.45) is 1.52. The topological polar surface area (TPSA) is 93.1 Å². The lowest BCUT2D eigenvalue weighted by molar-refractivity contribution is -0.140. The highest BCUT2D eigenvalue weighted by atomic mass is 79.9. The van der Waals surface area contributed by atoms with Crippen LogP contribution in [0.4, 0.5) is 4.79 Å². The maximum absolute atomic E-state index is 12.4. The van der Waals surface area contributed by atoms with Crippen molar-refractivity contribution in [1.29, 1.82) is 0 Å². The molecule has 1 N–H and O–H groups in total. The van der Waals surface area contributed by atoms with Gasteiger partial charge in [0.1, 0.15) is 13.2 Å². The summed E-state index contributed by atoms with van der Waals surface area (Å²) < 4.78 is 12.2. The normalized spacial score (nSPS) is 14.8. The molecule has 3 aromatic carbocycles. The van der Waals surface area contributed by atoms with Gasteiger partial charge in [-0.05, 0) is 51.9 Å². The van der Waals surface area contributed by atoms with Gasteiger partial charge in [-0.3, -0.25) is 19.3 Å². The van der Waals surface area contributed by atoms with E-state index < -0.39 is 23.7 Å². The van der Waals surface area contributed by atoms with Crippen LogP contribution in [-0.4, -0.2) is 40.8 Å². The predicted octanol–water partition coefficient (Wildman–Crippen LogP) is 5.31. The minimum Gasteiger partial charge on any atom is -0.493 e. The summed E-state index contributed by atoms with van der Waals surface area (Å²) in [5.74, 6) is -0.938. The van der Waals surface area contributed by atoms with E-state index in [1.54, 1.807) is 12.1 Å². The van der Waals surface area contributed by atoms with Gasteiger partial charge >= 0.3 is 5.97 Å². The fraction of sp³-hybridized carbons (Fsp3) is 0.125. The van der Waals surface area contributed by atoms with Crippen LogP contribution in [0.5, 0.6) is 11.5 Å². The van der Waals surface area contributed by atoms with Gasteiger partial charge in [0.2, 0.25) is 0 Å². The standard InChI is InChI=1S/C24H18BrNO6S/c1-31-19-9-16(10-21-23(29)26(12-22(27)28)24(30)33-21)18(25)11-20(19)32-13-15-7-4-6-14-5-2-3-8-17(14)15/h2-11H,12-13H2,1H3,(H,27,28)/b21-10+. The number of rotatable bonds is 7.